The van der Waals surface area contributed by atoms with Gasteiger partial charge in [-0.3, -0.25) is 4.79 Å². The molecule has 2 saturated heterocycles. The third kappa shape index (κ3) is 3.01. The maximum absolute atomic E-state index is 14.0. The Hall–Kier alpha value is -2.66. The van der Waals surface area contributed by atoms with Crippen LogP contribution in [0, 0.1) is 12.3 Å². The van der Waals surface area contributed by atoms with Gasteiger partial charge in [-0.2, -0.15) is 0 Å². The number of imidazole rings is 1. The molecule has 2 aromatic heterocycles. The Balaban J connectivity index is 1.40. The Labute approximate surface area is 189 Å². The molecule has 0 unspecified atom stereocenters. The highest BCUT2D eigenvalue weighted by molar-refractivity contribution is 5.94. The Morgan fingerprint density at radius 2 is 1.97 bits per heavy atom. The van der Waals surface area contributed by atoms with Crippen LogP contribution in [-0.2, 0) is 6.42 Å². The van der Waals surface area contributed by atoms with Crippen LogP contribution in [0.1, 0.15) is 60.6 Å². The van der Waals surface area contributed by atoms with E-state index in [1.54, 1.807) is 0 Å². The smallest absolute Gasteiger partial charge is 0.274 e. The molecule has 1 N–H and O–H groups in total. The van der Waals surface area contributed by atoms with Crippen LogP contribution in [0.4, 0.5) is 0 Å². The van der Waals surface area contributed by atoms with Gasteiger partial charge in [0, 0.05) is 42.0 Å². The first-order valence-corrected chi connectivity index (χ1v) is 12.1. The topological polar surface area (TPSA) is 49.6 Å². The van der Waals surface area contributed by atoms with Gasteiger partial charge >= 0.3 is 0 Å². The third-order valence-corrected chi connectivity index (χ3v) is 8.43. The zero-order valence-electron chi connectivity index (χ0n) is 19.0. The second kappa shape index (κ2) is 7.45. The zero-order valence-corrected chi connectivity index (χ0v) is 19.0. The summed E-state index contributed by atoms with van der Waals surface area (Å²) in [6, 6.07) is 16.0. The molecule has 2 bridgehead atoms. The molecule has 1 aromatic carbocycles. The van der Waals surface area contributed by atoms with E-state index in [2.05, 4.69) is 60.5 Å². The summed E-state index contributed by atoms with van der Waals surface area (Å²) in [6.45, 7) is 4.48. The van der Waals surface area contributed by atoms with E-state index in [1.165, 1.54) is 24.8 Å². The van der Waals surface area contributed by atoms with Crippen LogP contribution < -0.4 is 5.32 Å². The number of pyridine rings is 1. The Morgan fingerprint density at radius 1 is 1.16 bits per heavy atom. The highest BCUT2D eigenvalue weighted by Gasteiger charge is 2.60. The largest absolute Gasteiger partial charge is 0.329 e. The van der Waals surface area contributed by atoms with Crippen LogP contribution in [-0.4, -0.2) is 44.4 Å². The van der Waals surface area contributed by atoms with Crippen molar-refractivity contribution < 1.29 is 4.79 Å². The average molecular weight is 429 g/mol. The fraction of sp³-hybridized carbons (Fsp3) is 0.481. The SMILES string of the molecule is Cc1cccn2cc(C(=O)N3[C@H]4CCCC[C@H]5N[C@@H](Cc6ccccc6)[C@@H]3C[C@@]45C)nc12. The van der Waals surface area contributed by atoms with E-state index in [4.69, 9.17) is 4.98 Å². The lowest BCUT2D eigenvalue weighted by molar-refractivity contribution is 0.0606. The fourth-order valence-corrected chi connectivity index (χ4v) is 6.82. The maximum Gasteiger partial charge on any atom is 0.274 e. The summed E-state index contributed by atoms with van der Waals surface area (Å²) >= 11 is 0. The van der Waals surface area contributed by atoms with Crippen molar-refractivity contribution in [3.05, 3.63) is 71.7 Å². The minimum atomic E-state index is 0.106. The van der Waals surface area contributed by atoms with E-state index in [9.17, 15) is 4.79 Å². The second-order valence-electron chi connectivity index (χ2n) is 10.4. The number of nitrogens with one attached hydrogen (secondary N) is 1. The highest BCUT2D eigenvalue weighted by atomic mass is 16.2. The van der Waals surface area contributed by atoms with E-state index < -0.39 is 0 Å². The third-order valence-electron chi connectivity index (χ3n) is 8.43. The number of hydrogen-bond donors (Lipinski definition) is 1. The maximum atomic E-state index is 14.0. The number of nitrogens with zero attached hydrogens (tertiary/aromatic N) is 3. The molecule has 5 heteroatoms. The molecule has 3 aliphatic rings. The van der Waals surface area contributed by atoms with Crippen LogP contribution in [0.5, 0.6) is 0 Å². The van der Waals surface area contributed by atoms with Gasteiger partial charge < -0.3 is 14.6 Å². The van der Waals surface area contributed by atoms with Crippen molar-refractivity contribution in [1.29, 1.82) is 0 Å². The van der Waals surface area contributed by atoms with Crippen LogP contribution in [0.15, 0.2) is 54.9 Å². The van der Waals surface area contributed by atoms with Crippen molar-refractivity contribution in [2.45, 2.75) is 76.5 Å². The summed E-state index contributed by atoms with van der Waals surface area (Å²) < 4.78 is 1.99. The normalized spacial score (nSPS) is 31.6. The summed E-state index contributed by atoms with van der Waals surface area (Å²) in [7, 11) is 0. The Bertz CT molecular complexity index is 1150. The Morgan fingerprint density at radius 3 is 2.78 bits per heavy atom. The lowest BCUT2D eigenvalue weighted by atomic mass is 9.70. The molecule has 166 valence electrons. The van der Waals surface area contributed by atoms with Crippen LogP contribution >= 0.6 is 0 Å². The molecular formula is C27H32N4O. The van der Waals surface area contributed by atoms with Crippen molar-refractivity contribution in [3.8, 4) is 0 Å². The minimum absolute atomic E-state index is 0.106. The van der Waals surface area contributed by atoms with Gasteiger partial charge in [0.1, 0.15) is 11.3 Å². The second-order valence-corrected chi connectivity index (χ2v) is 10.4. The molecule has 3 fully saturated rings. The molecule has 6 rings (SSSR count). The van der Waals surface area contributed by atoms with Gasteiger partial charge in [-0.05, 0) is 49.8 Å². The number of benzene rings is 1. The molecule has 3 aromatic rings. The van der Waals surface area contributed by atoms with Gasteiger partial charge in [-0.15, -0.1) is 0 Å². The van der Waals surface area contributed by atoms with Crippen molar-refractivity contribution in [2.24, 2.45) is 5.41 Å². The quantitative estimate of drug-likeness (QED) is 0.673. The number of fused-ring (bicyclic) bond motifs is 2. The number of amides is 1. The number of hydrogen-bond acceptors (Lipinski definition) is 3. The van der Waals surface area contributed by atoms with Crippen molar-refractivity contribution >= 4 is 11.6 Å². The summed E-state index contributed by atoms with van der Waals surface area (Å²) in [6.07, 6.45) is 10.7. The molecule has 1 saturated carbocycles. The fourth-order valence-electron chi connectivity index (χ4n) is 6.82. The first-order chi connectivity index (χ1) is 15.5. The van der Waals surface area contributed by atoms with Crippen LogP contribution in [0.3, 0.4) is 0 Å². The van der Waals surface area contributed by atoms with E-state index in [-0.39, 0.29) is 29.4 Å². The first-order valence-electron chi connectivity index (χ1n) is 12.1. The van der Waals surface area contributed by atoms with Crippen LogP contribution in [0.25, 0.3) is 5.65 Å². The van der Waals surface area contributed by atoms with Crippen molar-refractivity contribution in [3.63, 3.8) is 0 Å². The van der Waals surface area contributed by atoms with E-state index in [1.807, 2.05) is 22.9 Å². The average Bonchev–Trinajstić information content (AvgIpc) is 3.29. The predicted octanol–water partition coefficient (Wildman–Crippen LogP) is 4.39. The molecule has 4 heterocycles. The van der Waals surface area contributed by atoms with Crippen LogP contribution in [0.2, 0.25) is 0 Å². The van der Waals surface area contributed by atoms with Gasteiger partial charge in [0.05, 0.1) is 0 Å². The molecule has 0 radical (unpaired) electrons. The lowest BCUT2D eigenvalue weighted by Gasteiger charge is -2.43. The van der Waals surface area contributed by atoms with Gasteiger partial charge in [0.2, 0.25) is 0 Å². The highest BCUT2D eigenvalue weighted by Crippen LogP contribution is 2.52. The number of aryl methyl sites for hydroxylation is 1. The molecule has 32 heavy (non-hydrogen) atoms. The first kappa shape index (κ1) is 20.0. The summed E-state index contributed by atoms with van der Waals surface area (Å²) in [5, 5.41) is 4.03. The van der Waals surface area contributed by atoms with E-state index in [0.29, 0.717) is 11.7 Å². The van der Waals surface area contributed by atoms with Gasteiger partial charge in [0.25, 0.3) is 5.91 Å². The van der Waals surface area contributed by atoms with Crippen molar-refractivity contribution in [2.75, 3.05) is 0 Å². The summed E-state index contributed by atoms with van der Waals surface area (Å²) in [4.78, 5) is 21.1. The van der Waals surface area contributed by atoms with Crippen molar-refractivity contribution in [1.82, 2.24) is 19.6 Å². The monoisotopic (exact) mass is 428 g/mol. The van der Waals surface area contributed by atoms with Gasteiger partial charge in [-0.25, -0.2) is 4.98 Å². The minimum Gasteiger partial charge on any atom is -0.329 e. The van der Waals surface area contributed by atoms with Gasteiger partial charge in [0.15, 0.2) is 0 Å². The van der Waals surface area contributed by atoms with Gasteiger partial charge in [-0.1, -0.05) is 56.2 Å². The number of aromatic nitrogens is 2. The van der Waals surface area contributed by atoms with E-state index in [0.717, 1.165) is 30.5 Å². The number of likely N-dealkylation sites (tertiary alicyclic amines) is 1. The number of rotatable bonds is 3. The molecule has 5 nitrogen and oxygen atoms in total. The molecular weight excluding hydrogens is 396 g/mol. The molecule has 2 aliphatic heterocycles. The zero-order chi connectivity index (χ0) is 21.9. The summed E-state index contributed by atoms with van der Waals surface area (Å²) in [5.74, 6) is 0.106. The standard InChI is InChI=1S/C27H32N4O/c1-18-9-8-14-30-17-21(29-25(18)30)26(32)31-22-16-27(2)23(12-6-7-13-24(27)31)28-20(22)15-19-10-4-3-5-11-19/h3-5,8-11,14,17,20,22-24,28H,6-7,12-13,15-16H2,1-2H3/t20-,22-,23+,24-,27+/m0/s1. The molecule has 5 atom stereocenters. The molecule has 1 amide bonds. The summed E-state index contributed by atoms with van der Waals surface area (Å²) in [5.41, 5.74) is 4.02. The predicted molar refractivity (Wildman–Crippen MR) is 126 cm³/mol. The number of carbonyl (C=O) groups excluding carboxylic acids is 1. The van der Waals surface area contributed by atoms with E-state index >= 15 is 0 Å². The molecule has 0 spiro atoms. The lowest BCUT2D eigenvalue weighted by Crippen LogP contribution is -2.57. The number of piperidine rings is 1. The Kier molecular flexibility index (Phi) is 4.65. The molecule has 1 aliphatic carbocycles. The number of carbonyl (C=O) groups is 1.